The summed E-state index contributed by atoms with van der Waals surface area (Å²) >= 11 is 6.29. The highest BCUT2D eigenvalue weighted by Crippen LogP contribution is 2.26. The molecule has 1 heterocycles. The van der Waals surface area contributed by atoms with E-state index in [1.807, 2.05) is 6.92 Å². The molecule has 0 radical (unpaired) electrons. The van der Waals surface area contributed by atoms with Gasteiger partial charge in [0, 0.05) is 13.5 Å². The largest absolute Gasteiger partial charge is 0.271 e. The molecule has 114 valence electrons. The summed E-state index contributed by atoms with van der Waals surface area (Å²) in [6.45, 7) is 1.96. The van der Waals surface area contributed by atoms with Crippen LogP contribution in [0.4, 0.5) is 8.78 Å². The number of aromatic nitrogens is 2. The molecule has 21 heavy (non-hydrogen) atoms. The Morgan fingerprint density at radius 3 is 2.62 bits per heavy atom. The maximum atomic E-state index is 13.3. The van der Waals surface area contributed by atoms with Gasteiger partial charge < -0.3 is 0 Å². The number of aryl methyl sites for hydroxylation is 2. The van der Waals surface area contributed by atoms with Gasteiger partial charge in [-0.1, -0.05) is 24.6 Å². The molecule has 0 bridgehead atoms. The van der Waals surface area contributed by atoms with Crippen LogP contribution >= 0.6 is 11.6 Å². The van der Waals surface area contributed by atoms with Gasteiger partial charge in [0.25, 0.3) is 0 Å². The Kier molecular flexibility index (Phi) is 4.92. The highest BCUT2D eigenvalue weighted by molar-refractivity contribution is 6.31. The Morgan fingerprint density at radius 1 is 1.38 bits per heavy atom. The first-order chi connectivity index (χ1) is 9.97. The summed E-state index contributed by atoms with van der Waals surface area (Å²) in [5.41, 5.74) is 4.75. The number of rotatable bonds is 5. The van der Waals surface area contributed by atoms with Crippen LogP contribution in [0.5, 0.6) is 0 Å². The summed E-state index contributed by atoms with van der Waals surface area (Å²) in [6.07, 6.45) is 1.14. The van der Waals surface area contributed by atoms with E-state index in [2.05, 4.69) is 10.5 Å². The van der Waals surface area contributed by atoms with Crippen molar-refractivity contribution in [2.75, 3.05) is 0 Å². The molecule has 0 saturated carbocycles. The molecule has 1 aromatic carbocycles. The SMILES string of the molecule is CCc1nn(C)c(CC(NN)c2ccc(F)c(F)c2)c1Cl. The molecule has 1 aromatic heterocycles. The summed E-state index contributed by atoms with van der Waals surface area (Å²) in [7, 11) is 1.79. The highest BCUT2D eigenvalue weighted by atomic mass is 35.5. The second-order valence-corrected chi connectivity index (χ2v) is 5.16. The predicted octanol–water partition coefficient (Wildman–Crippen LogP) is 2.66. The highest BCUT2D eigenvalue weighted by Gasteiger charge is 2.19. The smallest absolute Gasteiger partial charge is 0.159 e. The van der Waals surface area contributed by atoms with Gasteiger partial charge in [-0.2, -0.15) is 5.10 Å². The molecule has 0 fully saturated rings. The van der Waals surface area contributed by atoms with Crippen LogP contribution in [0, 0.1) is 11.6 Å². The topological polar surface area (TPSA) is 55.9 Å². The summed E-state index contributed by atoms with van der Waals surface area (Å²) in [4.78, 5) is 0. The van der Waals surface area contributed by atoms with E-state index >= 15 is 0 Å². The van der Waals surface area contributed by atoms with Crippen molar-refractivity contribution in [1.82, 2.24) is 15.2 Å². The number of hydrogen-bond acceptors (Lipinski definition) is 3. The van der Waals surface area contributed by atoms with E-state index in [4.69, 9.17) is 17.4 Å². The zero-order chi connectivity index (χ0) is 15.6. The molecule has 0 spiro atoms. The van der Waals surface area contributed by atoms with Crippen molar-refractivity contribution in [3.63, 3.8) is 0 Å². The van der Waals surface area contributed by atoms with Crippen LogP contribution in [-0.2, 0) is 19.9 Å². The fraction of sp³-hybridized carbons (Fsp3) is 0.357. The van der Waals surface area contributed by atoms with Crippen molar-refractivity contribution >= 4 is 11.6 Å². The zero-order valence-electron chi connectivity index (χ0n) is 11.8. The van der Waals surface area contributed by atoms with Gasteiger partial charge in [-0.05, 0) is 24.1 Å². The van der Waals surface area contributed by atoms with Gasteiger partial charge in [0.05, 0.1) is 22.5 Å². The summed E-state index contributed by atoms with van der Waals surface area (Å²) in [6, 6.07) is 3.31. The third-order valence-electron chi connectivity index (χ3n) is 3.45. The molecule has 1 unspecified atom stereocenters. The number of nitrogens with one attached hydrogen (secondary N) is 1. The minimum atomic E-state index is -0.905. The minimum Gasteiger partial charge on any atom is -0.271 e. The summed E-state index contributed by atoms with van der Waals surface area (Å²) in [5.74, 6) is 3.75. The Bertz CT molecular complexity index is 642. The Balaban J connectivity index is 2.31. The van der Waals surface area contributed by atoms with E-state index in [0.717, 1.165) is 29.9 Å². The lowest BCUT2D eigenvalue weighted by Gasteiger charge is -2.17. The maximum Gasteiger partial charge on any atom is 0.159 e. The van der Waals surface area contributed by atoms with Gasteiger partial charge in [-0.25, -0.2) is 8.78 Å². The van der Waals surface area contributed by atoms with Crippen molar-refractivity contribution in [2.24, 2.45) is 12.9 Å². The van der Waals surface area contributed by atoms with Gasteiger partial charge in [0.15, 0.2) is 11.6 Å². The molecule has 2 aromatic rings. The van der Waals surface area contributed by atoms with Crippen LogP contribution in [-0.4, -0.2) is 9.78 Å². The maximum absolute atomic E-state index is 13.3. The number of hydrazine groups is 1. The number of halogens is 3. The molecule has 1 atom stereocenters. The second kappa shape index (κ2) is 6.51. The van der Waals surface area contributed by atoms with Crippen LogP contribution in [0.25, 0.3) is 0 Å². The fourth-order valence-electron chi connectivity index (χ4n) is 2.24. The minimum absolute atomic E-state index is 0.391. The summed E-state index contributed by atoms with van der Waals surface area (Å²) in [5, 5.41) is 4.91. The van der Waals surface area contributed by atoms with E-state index in [1.165, 1.54) is 6.07 Å². The van der Waals surface area contributed by atoms with Crippen molar-refractivity contribution in [1.29, 1.82) is 0 Å². The Labute approximate surface area is 126 Å². The van der Waals surface area contributed by atoms with Crippen molar-refractivity contribution in [3.8, 4) is 0 Å². The third-order valence-corrected chi connectivity index (χ3v) is 3.88. The number of nitrogens with two attached hydrogens (primary N) is 1. The van der Waals surface area contributed by atoms with E-state index in [9.17, 15) is 8.78 Å². The average molecular weight is 315 g/mol. The van der Waals surface area contributed by atoms with Crippen molar-refractivity contribution in [3.05, 3.63) is 51.8 Å². The average Bonchev–Trinajstić information content (AvgIpc) is 2.74. The standard InChI is InChI=1S/C14H17ClF2N4/c1-3-11-14(15)13(21(2)20-11)7-12(19-18)8-4-5-9(16)10(17)6-8/h4-6,12,19H,3,7,18H2,1-2H3. The monoisotopic (exact) mass is 314 g/mol. The molecule has 2 rings (SSSR count). The van der Waals surface area contributed by atoms with E-state index in [0.29, 0.717) is 17.0 Å². The van der Waals surface area contributed by atoms with Gasteiger partial charge in [-0.15, -0.1) is 0 Å². The van der Waals surface area contributed by atoms with Crippen molar-refractivity contribution in [2.45, 2.75) is 25.8 Å². The van der Waals surface area contributed by atoms with E-state index < -0.39 is 17.7 Å². The molecular weight excluding hydrogens is 298 g/mol. The van der Waals surface area contributed by atoms with Gasteiger partial charge in [-0.3, -0.25) is 16.0 Å². The molecule has 0 amide bonds. The van der Waals surface area contributed by atoms with Gasteiger partial charge in [0.1, 0.15) is 0 Å². The molecule has 0 aliphatic heterocycles. The molecule has 4 nitrogen and oxygen atoms in total. The third kappa shape index (κ3) is 3.23. The fourth-order valence-corrected chi connectivity index (χ4v) is 2.61. The zero-order valence-corrected chi connectivity index (χ0v) is 12.6. The second-order valence-electron chi connectivity index (χ2n) is 4.78. The van der Waals surface area contributed by atoms with Gasteiger partial charge >= 0.3 is 0 Å². The molecule has 0 saturated heterocycles. The van der Waals surface area contributed by atoms with Crippen LogP contribution in [0.1, 0.15) is 29.9 Å². The first kappa shape index (κ1) is 15.9. The lowest BCUT2D eigenvalue weighted by atomic mass is 10.0. The first-order valence-electron chi connectivity index (χ1n) is 6.59. The lowest BCUT2D eigenvalue weighted by Crippen LogP contribution is -2.30. The van der Waals surface area contributed by atoms with Crippen LogP contribution in [0.15, 0.2) is 18.2 Å². The normalized spacial score (nSPS) is 12.7. The molecule has 3 N–H and O–H groups in total. The molecule has 7 heteroatoms. The van der Waals surface area contributed by atoms with Crippen molar-refractivity contribution < 1.29 is 8.78 Å². The molecular formula is C14H17ClF2N4. The number of benzene rings is 1. The lowest BCUT2D eigenvalue weighted by molar-refractivity contribution is 0.493. The Hall–Kier alpha value is -1.50. The van der Waals surface area contributed by atoms with Crippen LogP contribution in [0.3, 0.4) is 0 Å². The van der Waals surface area contributed by atoms with Crippen LogP contribution < -0.4 is 11.3 Å². The van der Waals surface area contributed by atoms with Gasteiger partial charge in [0.2, 0.25) is 0 Å². The Morgan fingerprint density at radius 2 is 2.10 bits per heavy atom. The summed E-state index contributed by atoms with van der Waals surface area (Å²) < 4.78 is 28.0. The molecule has 0 aliphatic rings. The number of hydrogen-bond donors (Lipinski definition) is 2. The number of nitrogens with zero attached hydrogens (tertiary/aromatic N) is 2. The predicted molar refractivity (Wildman–Crippen MR) is 77.7 cm³/mol. The molecule has 0 aliphatic carbocycles. The van der Waals surface area contributed by atoms with E-state index in [-0.39, 0.29) is 0 Å². The first-order valence-corrected chi connectivity index (χ1v) is 6.97. The quantitative estimate of drug-likeness (QED) is 0.659. The van der Waals surface area contributed by atoms with Crippen LogP contribution in [0.2, 0.25) is 5.02 Å². The van der Waals surface area contributed by atoms with E-state index in [1.54, 1.807) is 11.7 Å².